The zero-order chi connectivity index (χ0) is 25.9. The van der Waals surface area contributed by atoms with Gasteiger partial charge in [-0.25, -0.2) is 4.79 Å². The van der Waals surface area contributed by atoms with Gasteiger partial charge in [0.05, 0.1) is 19.3 Å². The predicted octanol–water partition coefficient (Wildman–Crippen LogP) is 7.19. The molecule has 0 aliphatic rings. The van der Waals surface area contributed by atoms with E-state index in [2.05, 4.69) is 5.32 Å². The van der Waals surface area contributed by atoms with Crippen LogP contribution < -0.4 is 14.8 Å². The molecule has 0 spiro atoms. The number of hydrogen-bond donors (Lipinski definition) is 1. The van der Waals surface area contributed by atoms with Crippen molar-refractivity contribution in [3.63, 3.8) is 0 Å². The lowest BCUT2D eigenvalue weighted by Crippen LogP contribution is -2.09. The fraction of sp³-hybridized carbons (Fsp3) is 0.214. The standard InChI is InChI=1S/C28H27Cl2NO5/c1-3-4-16-35-28(33)20-10-12-21(13-11-20)31-27(32)15-9-19-8-14-25(26(17-19)34-2)36-18-22-23(29)6-5-7-24(22)30/h5-15,17H,3-4,16,18H2,1-2H3,(H,31,32)/b15-9+. The van der Waals surface area contributed by atoms with E-state index in [1.54, 1.807) is 66.7 Å². The van der Waals surface area contributed by atoms with E-state index in [0.717, 1.165) is 18.4 Å². The highest BCUT2D eigenvalue weighted by Crippen LogP contribution is 2.31. The van der Waals surface area contributed by atoms with Gasteiger partial charge in [0.15, 0.2) is 11.5 Å². The Morgan fingerprint density at radius 2 is 1.69 bits per heavy atom. The van der Waals surface area contributed by atoms with E-state index < -0.39 is 0 Å². The van der Waals surface area contributed by atoms with Gasteiger partial charge in [0.25, 0.3) is 0 Å². The molecule has 0 saturated heterocycles. The first-order valence-corrected chi connectivity index (χ1v) is 12.2. The number of nitrogens with one attached hydrogen (secondary N) is 1. The second kappa shape index (κ2) is 13.6. The molecule has 0 aliphatic heterocycles. The molecule has 3 aromatic rings. The first-order valence-electron chi connectivity index (χ1n) is 11.4. The van der Waals surface area contributed by atoms with Crippen LogP contribution in [-0.2, 0) is 16.1 Å². The van der Waals surface area contributed by atoms with Crippen molar-refractivity contribution in [1.82, 2.24) is 0 Å². The fourth-order valence-corrected chi connectivity index (χ4v) is 3.67. The number of methoxy groups -OCH3 is 1. The van der Waals surface area contributed by atoms with E-state index in [1.165, 1.54) is 13.2 Å². The number of rotatable bonds is 11. The molecule has 36 heavy (non-hydrogen) atoms. The Morgan fingerprint density at radius 1 is 0.972 bits per heavy atom. The Kier molecular flexibility index (Phi) is 10.2. The summed E-state index contributed by atoms with van der Waals surface area (Å²) in [5.41, 5.74) is 2.43. The monoisotopic (exact) mass is 527 g/mol. The molecule has 0 radical (unpaired) electrons. The van der Waals surface area contributed by atoms with Crippen LogP contribution in [0.3, 0.4) is 0 Å². The third kappa shape index (κ3) is 7.77. The zero-order valence-corrected chi connectivity index (χ0v) is 21.6. The summed E-state index contributed by atoms with van der Waals surface area (Å²) in [7, 11) is 1.54. The second-order valence-corrected chi connectivity index (χ2v) is 8.60. The number of carbonyl (C=O) groups is 2. The Bertz CT molecular complexity index is 1200. The van der Waals surface area contributed by atoms with Crippen molar-refractivity contribution in [3.05, 3.63) is 93.5 Å². The first kappa shape index (κ1) is 27.1. The van der Waals surface area contributed by atoms with E-state index in [4.69, 9.17) is 37.4 Å². The molecule has 0 fully saturated rings. The number of esters is 1. The smallest absolute Gasteiger partial charge is 0.338 e. The number of amides is 1. The molecule has 6 nitrogen and oxygen atoms in total. The summed E-state index contributed by atoms with van der Waals surface area (Å²) in [6.45, 7) is 2.61. The van der Waals surface area contributed by atoms with Gasteiger partial charge in [0.2, 0.25) is 5.91 Å². The number of halogens is 2. The first-order chi connectivity index (χ1) is 17.4. The molecule has 0 aliphatic carbocycles. The number of benzene rings is 3. The maximum Gasteiger partial charge on any atom is 0.338 e. The van der Waals surface area contributed by atoms with Crippen molar-refractivity contribution < 1.29 is 23.8 Å². The lowest BCUT2D eigenvalue weighted by molar-refractivity contribution is -0.111. The molecule has 0 atom stereocenters. The van der Waals surface area contributed by atoms with Crippen molar-refractivity contribution in [1.29, 1.82) is 0 Å². The van der Waals surface area contributed by atoms with E-state index in [9.17, 15) is 9.59 Å². The van der Waals surface area contributed by atoms with Gasteiger partial charge in [-0.15, -0.1) is 0 Å². The Morgan fingerprint density at radius 3 is 2.36 bits per heavy atom. The summed E-state index contributed by atoms with van der Waals surface area (Å²) >= 11 is 12.4. The quantitative estimate of drug-likeness (QED) is 0.162. The topological polar surface area (TPSA) is 73.9 Å². The molecule has 0 saturated carbocycles. The van der Waals surface area contributed by atoms with E-state index in [1.807, 2.05) is 6.92 Å². The van der Waals surface area contributed by atoms with E-state index in [-0.39, 0.29) is 18.5 Å². The van der Waals surface area contributed by atoms with Crippen LogP contribution >= 0.6 is 23.2 Å². The van der Waals surface area contributed by atoms with Crippen LogP contribution in [0.1, 0.15) is 41.3 Å². The maximum atomic E-state index is 12.4. The van der Waals surface area contributed by atoms with E-state index >= 15 is 0 Å². The summed E-state index contributed by atoms with van der Waals surface area (Å²) in [6, 6.07) is 17.1. The van der Waals surface area contributed by atoms with Gasteiger partial charge < -0.3 is 19.5 Å². The lowest BCUT2D eigenvalue weighted by Gasteiger charge is -2.13. The van der Waals surface area contributed by atoms with Crippen LogP contribution in [0.5, 0.6) is 11.5 Å². The van der Waals surface area contributed by atoms with Gasteiger partial charge in [0.1, 0.15) is 6.61 Å². The number of ether oxygens (including phenoxy) is 3. The highest BCUT2D eigenvalue weighted by atomic mass is 35.5. The third-order valence-electron chi connectivity index (χ3n) is 5.17. The predicted molar refractivity (Wildman–Crippen MR) is 143 cm³/mol. The van der Waals surface area contributed by atoms with Crippen molar-refractivity contribution in [2.24, 2.45) is 0 Å². The molecule has 1 amide bonds. The highest BCUT2D eigenvalue weighted by Gasteiger charge is 2.10. The number of carbonyl (C=O) groups excluding carboxylic acids is 2. The Balaban J connectivity index is 1.58. The molecule has 3 rings (SSSR count). The van der Waals surface area contributed by atoms with Crippen LogP contribution in [0.15, 0.2) is 66.7 Å². The van der Waals surface area contributed by atoms with Crippen LogP contribution in [-0.4, -0.2) is 25.6 Å². The Hall–Kier alpha value is -3.48. The minimum absolute atomic E-state index is 0.182. The molecular weight excluding hydrogens is 501 g/mol. The van der Waals surface area contributed by atoms with E-state index in [0.29, 0.717) is 45.0 Å². The van der Waals surface area contributed by atoms with Gasteiger partial charge >= 0.3 is 5.97 Å². The molecule has 0 heterocycles. The van der Waals surface area contributed by atoms with Gasteiger partial charge in [-0.05, 0) is 66.6 Å². The summed E-state index contributed by atoms with van der Waals surface area (Å²) in [5.74, 6) is 0.323. The Labute approximate surface area is 220 Å². The summed E-state index contributed by atoms with van der Waals surface area (Å²) in [4.78, 5) is 24.3. The van der Waals surface area contributed by atoms with Crippen LogP contribution in [0.25, 0.3) is 6.08 Å². The molecule has 0 unspecified atom stereocenters. The highest BCUT2D eigenvalue weighted by molar-refractivity contribution is 6.35. The number of hydrogen-bond acceptors (Lipinski definition) is 5. The number of unbranched alkanes of at least 4 members (excludes halogenated alkanes) is 1. The number of anilines is 1. The zero-order valence-electron chi connectivity index (χ0n) is 20.1. The average Bonchev–Trinajstić information content (AvgIpc) is 2.88. The SMILES string of the molecule is CCCCOC(=O)c1ccc(NC(=O)/C=C/c2ccc(OCc3c(Cl)cccc3Cl)c(OC)c2)cc1. The van der Waals surface area contributed by atoms with Crippen LogP contribution in [0, 0.1) is 0 Å². The maximum absolute atomic E-state index is 12.4. The van der Waals surface area contributed by atoms with Gasteiger partial charge in [-0.1, -0.05) is 48.7 Å². The molecule has 0 aromatic heterocycles. The normalized spacial score (nSPS) is 10.8. The average molecular weight is 528 g/mol. The van der Waals surface area contributed by atoms with Crippen molar-refractivity contribution in [3.8, 4) is 11.5 Å². The minimum atomic E-state index is -0.377. The molecule has 8 heteroatoms. The molecule has 0 bridgehead atoms. The summed E-state index contributed by atoms with van der Waals surface area (Å²) in [6.07, 6.45) is 4.85. The largest absolute Gasteiger partial charge is 0.493 e. The second-order valence-electron chi connectivity index (χ2n) is 7.79. The lowest BCUT2D eigenvalue weighted by atomic mass is 10.1. The van der Waals surface area contributed by atoms with Crippen molar-refractivity contribution >= 4 is 46.8 Å². The minimum Gasteiger partial charge on any atom is -0.493 e. The van der Waals surface area contributed by atoms with Crippen LogP contribution in [0.2, 0.25) is 10.0 Å². The summed E-state index contributed by atoms with van der Waals surface area (Å²) in [5, 5.41) is 3.80. The fourth-order valence-electron chi connectivity index (χ4n) is 3.17. The molecule has 188 valence electrons. The third-order valence-corrected chi connectivity index (χ3v) is 5.88. The molecular formula is C28H27Cl2NO5. The molecule has 3 aromatic carbocycles. The van der Waals surface area contributed by atoms with Crippen LogP contribution in [0.4, 0.5) is 5.69 Å². The van der Waals surface area contributed by atoms with Gasteiger partial charge in [-0.3, -0.25) is 4.79 Å². The molecule has 1 N–H and O–H groups in total. The van der Waals surface area contributed by atoms with Crippen molar-refractivity contribution in [2.75, 3.05) is 19.0 Å². The van der Waals surface area contributed by atoms with Gasteiger partial charge in [-0.2, -0.15) is 0 Å². The van der Waals surface area contributed by atoms with Gasteiger partial charge in [0, 0.05) is 27.4 Å². The summed E-state index contributed by atoms with van der Waals surface area (Å²) < 4.78 is 16.5. The van der Waals surface area contributed by atoms with Crippen molar-refractivity contribution in [2.45, 2.75) is 26.4 Å².